The molecule has 0 bridgehead atoms. The van der Waals surface area contributed by atoms with Crippen molar-refractivity contribution < 1.29 is 18.0 Å². The molecular formula is C19H26F3N3O. The predicted molar refractivity (Wildman–Crippen MR) is 92.2 cm³/mol. The Hall–Kier alpha value is -1.63. The number of fused-ring (bicyclic) bond motifs is 1. The summed E-state index contributed by atoms with van der Waals surface area (Å²) in [7, 11) is 0. The van der Waals surface area contributed by atoms with Crippen LogP contribution >= 0.6 is 0 Å². The van der Waals surface area contributed by atoms with Crippen molar-refractivity contribution in [2.75, 3.05) is 6.54 Å². The second kappa shape index (κ2) is 7.18. The number of rotatable bonds is 4. The lowest BCUT2D eigenvalue weighted by Gasteiger charge is -2.35. The zero-order valence-electron chi connectivity index (χ0n) is 15.2. The van der Waals surface area contributed by atoms with E-state index in [-0.39, 0.29) is 24.8 Å². The molecule has 3 rings (SSSR count). The van der Waals surface area contributed by atoms with Gasteiger partial charge in [0.05, 0.1) is 23.2 Å². The molecule has 0 aromatic carbocycles. The molecule has 1 fully saturated rings. The lowest BCUT2D eigenvalue weighted by atomic mass is 9.81. The number of carbonyl (C=O) groups excluding carboxylic acids is 1. The lowest BCUT2D eigenvalue weighted by molar-refractivity contribution is -0.184. The van der Waals surface area contributed by atoms with E-state index in [0.717, 1.165) is 17.8 Å². The van der Waals surface area contributed by atoms with E-state index in [9.17, 15) is 18.0 Å². The Balaban J connectivity index is 1.69. The summed E-state index contributed by atoms with van der Waals surface area (Å²) < 4.78 is 38.6. The maximum Gasteiger partial charge on any atom is 0.391 e. The fourth-order valence-electron chi connectivity index (χ4n) is 4.46. The van der Waals surface area contributed by atoms with Gasteiger partial charge in [0.2, 0.25) is 5.91 Å². The Morgan fingerprint density at radius 2 is 1.96 bits per heavy atom. The lowest BCUT2D eigenvalue weighted by Crippen LogP contribution is -2.35. The molecule has 7 heteroatoms. The van der Waals surface area contributed by atoms with Crippen molar-refractivity contribution in [1.29, 1.82) is 0 Å². The molecule has 2 N–H and O–H groups in total. The molecular weight excluding hydrogens is 343 g/mol. The summed E-state index contributed by atoms with van der Waals surface area (Å²) >= 11 is 0. The summed E-state index contributed by atoms with van der Waals surface area (Å²) in [6.07, 6.45) is -0.862. The van der Waals surface area contributed by atoms with Crippen LogP contribution in [0.25, 0.3) is 0 Å². The molecule has 2 aliphatic rings. The fraction of sp³-hybridized carbons (Fsp3) is 0.684. The van der Waals surface area contributed by atoms with Crippen molar-refractivity contribution in [2.24, 2.45) is 23.5 Å². The number of pyridine rings is 1. The first kappa shape index (κ1) is 19.1. The van der Waals surface area contributed by atoms with E-state index in [1.54, 1.807) is 6.07 Å². The first-order valence-electron chi connectivity index (χ1n) is 9.26. The smallest absolute Gasteiger partial charge is 0.366 e. The highest BCUT2D eigenvalue weighted by Crippen LogP contribution is 2.42. The summed E-state index contributed by atoms with van der Waals surface area (Å²) in [5.74, 6) is -1.03. The van der Waals surface area contributed by atoms with Crippen LogP contribution < -0.4 is 5.73 Å². The number of nitrogens with two attached hydrogens (primary N) is 1. The number of hydrogen-bond donors (Lipinski definition) is 1. The minimum atomic E-state index is -4.07. The number of aromatic nitrogens is 1. The number of nitrogens with zero attached hydrogens (tertiary/aromatic N) is 2. The molecule has 26 heavy (non-hydrogen) atoms. The molecule has 0 radical (unpaired) electrons. The van der Waals surface area contributed by atoms with Gasteiger partial charge < -0.3 is 5.73 Å². The maximum absolute atomic E-state index is 12.9. The van der Waals surface area contributed by atoms with Crippen molar-refractivity contribution in [3.05, 3.63) is 29.1 Å². The largest absolute Gasteiger partial charge is 0.391 e. The van der Waals surface area contributed by atoms with Crippen LogP contribution in [0.3, 0.4) is 0 Å². The molecule has 1 aliphatic heterocycles. The van der Waals surface area contributed by atoms with Crippen LogP contribution in [0.4, 0.5) is 13.2 Å². The van der Waals surface area contributed by atoms with E-state index in [0.29, 0.717) is 30.9 Å². The molecule has 1 atom stereocenters. The average Bonchev–Trinajstić information content (AvgIpc) is 2.91. The van der Waals surface area contributed by atoms with Gasteiger partial charge in [0, 0.05) is 19.3 Å². The predicted octanol–water partition coefficient (Wildman–Crippen LogP) is 4.06. The summed E-state index contributed by atoms with van der Waals surface area (Å²) in [4.78, 5) is 18.2. The fourth-order valence-corrected chi connectivity index (χ4v) is 4.46. The Bertz CT molecular complexity index is 666. The van der Waals surface area contributed by atoms with Crippen molar-refractivity contribution in [3.63, 3.8) is 0 Å². The topological polar surface area (TPSA) is 59.2 Å². The van der Waals surface area contributed by atoms with E-state index < -0.39 is 18.0 Å². The van der Waals surface area contributed by atoms with E-state index >= 15 is 0 Å². The van der Waals surface area contributed by atoms with E-state index in [4.69, 9.17) is 5.73 Å². The third kappa shape index (κ3) is 3.87. The normalized spacial score (nSPS) is 26.9. The van der Waals surface area contributed by atoms with Gasteiger partial charge in [0.1, 0.15) is 0 Å². The van der Waals surface area contributed by atoms with Crippen LogP contribution in [-0.4, -0.2) is 28.5 Å². The molecule has 0 unspecified atom stereocenters. The van der Waals surface area contributed by atoms with Gasteiger partial charge in [-0.25, -0.2) is 0 Å². The standard InChI is InChI=1S/C19H26F3N3O/c1-11(2)17-16-14(7-13(8-24-16)18(23)26)10-25(17)9-12-3-5-15(6-4-12)19(20,21)22/h7-8,11-12,15,17H,3-6,9-10H2,1-2H3,(H2,23,26)/t12?,15?,17-/m0/s1. The first-order valence-corrected chi connectivity index (χ1v) is 9.26. The molecule has 4 nitrogen and oxygen atoms in total. The van der Waals surface area contributed by atoms with Crippen LogP contribution in [0.1, 0.15) is 67.2 Å². The number of alkyl halides is 3. The molecule has 0 saturated heterocycles. The average molecular weight is 369 g/mol. The molecule has 1 aromatic heterocycles. The SMILES string of the molecule is CC(C)[C@H]1c2ncc(C(N)=O)cc2CN1CC1CCC(C(F)(F)F)CC1. The number of hydrogen-bond acceptors (Lipinski definition) is 3. The molecule has 1 aliphatic carbocycles. The Kier molecular flexibility index (Phi) is 5.28. The van der Waals surface area contributed by atoms with Gasteiger partial charge in [-0.2, -0.15) is 13.2 Å². The van der Waals surface area contributed by atoms with E-state index in [1.165, 1.54) is 6.20 Å². The maximum atomic E-state index is 12.9. The summed E-state index contributed by atoms with van der Waals surface area (Å²) in [6.45, 7) is 5.69. The van der Waals surface area contributed by atoms with Gasteiger partial charge >= 0.3 is 6.18 Å². The molecule has 0 spiro atoms. The third-order valence-electron chi connectivity index (χ3n) is 5.77. The first-order chi connectivity index (χ1) is 12.2. The van der Waals surface area contributed by atoms with Gasteiger partial charge in [-0.1, -0.05) is 13.8 Å². The van der Waals surface area contributed by atoms with Crippen LogP contribution in [0, 0.1) is 17.8 Å². The summed E-state index contributed by atoms with van der Waals surface area (Å²) in [5, 5.41) is 0. The number of carbonyl (C=O) groups is 1. The summed E-state index contributed by atoms with van der Waals surface area (Å²) in [5.41, 5.74) is 7.72. The van der Waals surface area contributed by atoms with E-state index in [2.05, 4.69) is 23.7 Å². The Morgan fingerprint density at radius 1 is 1.31 bits per heavy atom. The second-order valence-electron chi connectivity index (χ2n) is 8.01. The molecule has 1 amide bonds. The summed E-state index contributed by atoms with van der Waals surface area (Å²) in [6, 6.07) is 1.94. The van der Waals surface area contributed by atoms with Crippen molar-refractivity contribution in [1.82, 2.24) is 9.88 Å². The Labute approximate surface area is 152 Å². The zero-order chi connectivity index (χ0) is 19.1. The monoisotopic (exact) mass is 369 g/mol. The van der Waals surface area contributed by atoms with Gasteiger partial charge in [-0.15, -0.1) is 0 Å². The van der Waals surface area contributed by atoms with Crippen LogP contribution in [0.5, 0.6) is 0 Å². The zero-order valence-corrected chi connectivity index (χ0v) is 15.2. The van der Waals surface area contributed by atoms with E-state index in [1.807, 2.05) is 0 Å². The number of amides is 1. The van der Waals surface area contributed by atoms with Gasteiger partial charge in [-0.05, 0) is 49.1 Å². The van der Waals surface area contributed by atoms with Crippen LogP contribution in [-0.2, 0) is 6.54 Å². The number of halogens is 3. The van der Waals surface area contributed by atoms with Crippen molar-refractivity contribution in [3.8, 4) is 0 Å². The molecule has 2 heterocycles. The van der Waals surface area contributed by atoms with Crippen LogP contribution in [0.2, 0.25) is 0 Å². The van der Waals surface area contributed by atoms with Gasteiger partial charge in [-0.3, -0.25) is 14.7 Å². The third-order valence-corrected chi connectivity index (χ3v) is 5.77. The molecule has 1 saturated carbocycles. The molecule has 144 valence electrons. The molecule has 1 aromatic rings. The highest BCUT2D eigenvalue weighted by atomic mass is 19.4. The van der Waals surface area contributed by atoms with Crippen molar-refractivity contribution in [2.45, 2.75) is 58.3 Å². The second-order valence-corrected chi connectivity index (χ2v) is 8.01. The van der Waals surface area contributed by atoms with Crippen molar-refractivity contribution >= 4 is 5.91 Å². The highest BCUT2D eigenvalue weighted by molar-refractivity contribution is 5.92. The highest BCUT2D eigenvalue weighted by Gasteiger charge is 2.42. The number of primary amides is 1. The van der Waals surface area contributed by atoms with Gasteiger partial charge in [0.25, 0.3) is 0 Å². The van der Waals surface area contributed by atoms with Gasteiger partial charge in [0.15, 0.2) is 0 Å². The minimum Gasteiger partial charge on any atom is -0.366 e. The minimum absolute atomic E-state index is 0.132. The van der Waals surface area contributed by atoms with Crippen LogP contribution in [0.15, 0.2) is 12.3 Å². The Morgan fingerprint density at radius 3 is 2.50 bits per heavy atom. The quantitative estimate of drug-likeness (QED) is 0.871.